The highest BCUT2D eigenvalue weighted by atomic mass is 16.3. The van der Waals surface area contributed by atoms with Gasteiger partial charge in [0.15, 0.2) is 5.78 Å². The van der Waals surface area contributed by atoms with E-state index in [4.69, 9.17) is 4.42 Å². The lowest BCUT2D eigenvalue weighted by atomic mass is 9.86. The van der Waals surface area contributed by atoms with Crippen LogP contribution in [0.5, 0.6) is 0 Å². The van der Waals surface area contributed by atoms with Crippen LogP contribution in [0.3, 0.4) is 0 Å². The van der Waals surface area contributed by atoms with Gasteiger partial charge >= 0.3 is 0 Å². The first-order chi connectivity index (χ1) is 10.0. The molecular weight excluding hydrogens is 260 g/mol. The highest BCUT2D eigenvalue weighted by molar-refractivity contribution is 5.99. The first kappa shape index (κ1) is 13.9. The molecule has 0 radical (unpaired) electrons. The molecule has 0 bridgehead atoms. The maximum atomic E-state index is 12.4. The normalized spacial score (nSPS) is 18.1. The number of furan rings is 1. The lowest BCUT2D eigenvalue weighted by molar-refractivity contribution is -0.115. The molecule has 1 unspecified atom stereocenters. The monoisotopic (exact) mass is 280 g/mol. The number of carbonyl (C=O) groups excluding carboxylic acids is 1. The molecule has 0 spiro atoms. The number of ketones is 1. The Kier molecular flexibility index (Phi) is 3.54. The Balaban J connectivity index is 1.85. The molecule has 1 heterocycles. The van der Waals surface area contributed by atoms with Gasteiger partial charge < -0.3 is 4.42 Å². The molecule has 0 saturated heterocycles. The van der Waals surface area contributed by atoms with E-state index in [9.17, 15) is 4.79 Å². The summed E-state index contributed by atoms with van der Waals surface area (Å²) >= 11 is 0. The van der Waals surface area contributed by atoms with Gasteiger partial charge in [-0.25, -0.2) is 0 Å². The number of benzene rings is 1. The van der Waals surface area contributed by atoms with Crippen LogP contribution in [0.1, 0.15) is 40.2 Å². The number of aryl methyl sites for hydroxylation is 3. The third kappa shape index (κ3) is 2.71. The summed E-state index contributed by atoms with van der Waals surface area (Å²) in [7, 11) is 0. The third-order valence-electron chi connectivity index (χ3n) is 4.25. The number of hydrogen-bond donors (Lipinski definition) is 0. The molecule has 1 aromatic carbocycles. The van der Waals surface area contributed by atoms with Crippen LogP contribution in [0, 0.1) is 20.8 Å². The van der Waals surface area contributed by atoms with Crippen molar-refractivity contribution in [3.63, 3.8) is 0 Å². The van der Waals surface area contributed by atoms with Gasteiger partial charge in [-0.2, -0.15) is 0 Å². The van der Waals surface area contributed by atoms with Crippen LogP contribution < -0.4 is 0 Å². The Morgan fingerprint density at radius 1 is 1.19 bits per heavy atom. The fourth-order valence-corrected chi connectivity index (χ4v) is 3.49. The standard InChI is InChI=1S/C19H20O2/c1-12-6-13(2)19(14(3)7-12)17-9-16(10-18(17)20)8-15-4-5-21-11-15/h4-7,10-11,17H,8-9H2,1-3H3. The predicted octanol–water partition coefficient (Wildman–Crippen LogP) is 4.43. The minimum atomic E-state index is -0.00694. The van der Waals surface area contributed by atoms with E-state index in [1.165, 1.54) is 27.8 Å². The average Bonchev–Trinajstić information content (AvgIpc) is 3.00. The zero-order valence-electron chi connectivity index (χ0n) is 12.8. The van der Waals surface area contributed by atoms with Crippen molar-refractivity contribution in [2.75, 3.05) is 0 Å². The zero-order valence-corrected chi connectivity index (χ0v) is 12.8. The Morgan fingerprint density at radius 2 is 1.90 bits per heavy atom. The van der Waals surface area contributed by atoms with Crippen molar-refractivity contribution < 1.29 is 9.21 Å². The van der Waals surface area contributed by atoms with Crippen molar-refractivity contribution in [2.24, 2.45) is 0 Å². The van der Waals surface area contributed by atoms with E-state index in [0.717, 1.165) is 18.4 Å². The summed E-state index contributed by atoms with van der Waals surface area (Å²) in [5, 5.41) is 0. The fourth-order valence-electron chi connectivity index (χ4n) is 3.49. The fraction of sp³-hybridized carbons (Fsp3) is 0.316. The lowest BCUT2D eigenvalue weighted by Crippen LogP contribution is -2.09. The molecule has 1 aliphatic carbocycles. The number of allylic oxidation sites excluding steroid dienone is 2. The lowest BCUT2D eigenvalue weighted by Gasteiger charge is -2.17. The molecule has 2 aromatic rings. The Morgan fingerprint density at radius 3 is 2.52 bits per heavy atom. The van der Waals surface area contributed by atoms with Crippen LogP contribution in [0.4, 0.5) is 0 Å². The molecule has 0 N–H and O–H groups in total. The van der Waals surface area contributed by atoms with Gasteiger partial charge in [-0.3, -0.25) is 4.79 Å². The van der Waals surface area contributed by atoms with Crippen molar-refractivity contribution in [1.29, 1.82) is 0 Å². The van der Waals surface area contributed by atoms with Crippen LogP contribution in [0.25, 0.3) is 0 Å². The highest BCUT2D eigenvalue weighted by Crippen LogP contribution is 2.36. The van der Waals surface area contributed by atoms with Crippen LogP contribution in [-0.2, 0) is 11.2 Å². The van der Waals surface area contributed by atoms with E-state index >= 15 is 0 Å². The topological polar surface area (TPSA) is 30.2 Å². The second kappa shape index (κ2) is 5.36. The Bertz CT molecular complexity index is 682. The van der Waals surface area contributed by atoms with Gasteiger partial charge in [0.25, 0.3) is 0 Å². The molecule has 0 fully saturated rings. The van der Waals surface area contributed by atoms with Gasteiger partial charge in [-0.05, 0) is 68.0 Å². The highest BCUT2D eigenvalue weighted by Gasteiger charge is 2.29. The summed E-state index contributed by atoms with van der Waals surface area (Å²) in [6, 6.07) is 6.30. The van der Waals surface area contributed by atoms with Gasteiger partial charge in [-0.1, -0.05) is 23.3 Å². The van der Waals surface area contributed by atoms with Crippen molar-refractivity contribution in [3.8, 4) is 0 Å². The second-order valence-corrected chi connectivity index (χ2v) is 6.08. The van der Waals surface area contributed by atoms with Gasteiger partial charge in [0.05, 0.1) is 18.4 Å². The summed E-state index contributed by atoms with van der Waals surface area (Å²) in [5.41, 5.74) is 7.25. The summed E-state index contributed by atoms with van der Waals surface area (Å²) in [6.07, 6.45) is 6.90. The summed E-state index contributed by atoms with van der Waals surface area (Å²) in [4.78, 5) is 12.4. The van der Waals surface area contributed by atoms with Gasteiger partial charge in [0.2, 0.25) is 0 Å². The van der Waals surface area contributed by atoms with E-state index in [1.807, 2.05) is 12.1 Å². The van der Waals surface area contributed by atoms with E-state index in [0.29, 0.717) is 0 Å². The van der Waals surface area contributed by atoms with Crippen molar-refractivity contribution in [3.05, 3.63) is 70.2 Å². The van der Waals surface area contributed by atoms with E-state index in [-0.39, 0.29) is 11.7 Å². The second-order valence-electron chi connectivity index (χ2n) is 6.08. The Hall–Kier alpha value is -2.09. The van der Waals surface area contributed by atoms with Crippen LogP contribution in [-0.4, -0.2) is 5.78 Å². The van der Waals surface area contributed by atoms with Gasteiger partial charge in [0.1, 0.15) is 0 Å². The predicted molar refractivity (Wildman–Crippen MR) is 83.5 cm³/mol. The molecular formula is C19H20O2. The molecule has 3 rings (SSSR count). The molecule has 21 heavy (non-hydrogen) atoms. The van der Waals surface area contributed by atoms with Gasteiger partial charge in [-0.15, -0.1) is 0 Å². The summed E-state index contributed by atoms with van der Waals surface area (Å²) < 4.78 is 5.10. The molecule has 0 amide bonds. The SMILES string of the molecule is Cc1cc(C)c(C2CC(Cc3ccoc3)=CC2=O)c(C)c1. The quantitative estimate of drug-likeness (QED) is 0.832. The number of hydrogen-bond acceptors (Lipinski definition) is 2. The number of rotatable bonds is 3. The number of carbonyl (C=O) groups is 1. The molecule has 0 aliphatic heterocycles. The van der Waals surface area contributed by atoms with Crippen LogP contribution in [0.15, 0.2) is 46.8 Å². The molecule has 2 heteroatoms. The molecule has 1 atom stereocenters. The Labute approximate surface area is 125 Å². The molecule has 1 aromatic heterocycles. The minimum Gasteiger partial charge on any atom is -0.472 e. The minimum absolute atomic E-state index is 0.00694. The van der Waals surface area contributed by atoms with Crippen LogP contribution >= 0.6 is 0 Å². The molecule has 1 aliphatic rings. The zero-order chi connectivity index (χ0) is 15.0. The largest absolute Gasteiger partial charge is 0.472 e. The third-order valence-corrected chi connectivity index (χ3v) is 4.25. The molecule has 108 valence electrons. The molecule has 2 nitrogen and oxygen atoms in total. The first-order valence-electron chi connectivity index (χ1n) is 7.36. The van der Waals surface area contributed by atoms with Crippen molar-refractivity contribution in [2.45, 2.75) is 39.5 Å². The van der Waals surface area contributed by atoms with Gasteiger partial charge in [0, 0.05) is 0 Å². The van der Waals surface area contributed by atoms with E-state index < -0.39 is 0 Å². The first-order valence-corrected chi connectivity index (χ1v) is 7.36. The van der Waals surface area contributed by atoms with Crippen molar-refractivity contribution in [1.82, 2.24) is 0 Å². The maximum absolute atomic E-state index is 12.4. The smallest absolute Gasteiger partial charge is 0.163 e. The maximum Gasteiger partial charge on any atom is 0.163 e. The summed E-state index contributed by atoms with van der Waals surface area (Å²) in [6.45, 7) is 6.32. The van der Waals surface area contributed by atoms with E-state index in [1.54, 1.807) is 12.5 Å². The summed E-state index contributed by atoms with van der Waals surface area (Å²) in [5.74, 6) is 0.232. The van der Waals surface area contributed by atoms with Crippen molar-refractivity contribution >= 4 is 5.78 Å². The van der Waals surface area contributed by atoms with E-state index in [2.05, 4.69) is 32.9 Å². The average molecular weight is 280 g/mol. The van der Waals surface area contributed by atoms with Crippen LogP contribution in [0.2, 0.25) is 0 Å². The molecule has 0 saturated carbocycles.